The summed E-state index contributed by atoms with van der Waals surface area (Å²) in [4.78, 5) is 38.0. The van der Waals surface area contributed by atoms with Crippen LogP contribution in [0, 0.1) is 10.1 Å². The molecule has 0 bridgehead atoms. The van der Waals surface area contributed by atoms with E-state index in [1.807, 2.05) is 30.3 Å². The van der Waals surface area contributed by atoms with Crippen LogP contribution in [0.1, 0.15) is 57.8 Å². The summed E-state index contributed by atoms with van der Waals surface area (Å²) < 4.78 is 33.3. The topological polar surface area (TPSA) is 145 Å². The van der Waals surface area contributed by atoms with Crippen LogP contribution in [0.2, 0.25) is 0 Å². The number of nitro groups is 1. The van der Waals surface area contributed by atoms with Crippen molar-refractivity contribution in [3.8, 4) is 0 Å². The van der Waals surface area contributed by atoms with Crippen LogP contribution in [0.25, 0.3) is 0 Å². The Kier molecular flexibility index (Phi) is 8.85. The van der Waals surface area contributed by atoms with Crippen molar-refractivity contribution in [2.75, 3.05) is 5.75 Å². The molecule has 1 aliphatic rings. The van der Waals surface area contributed by atoms with Gasteiger partial charge < -0.3 is 10.1 Å². The lowest BCUT2D eigenvalue weighted by atomic mass is 9.79. The highest BCUT2D eigenvalue weighted by atomic mass is 32.2. The van der Waals surface area contributed by atoms with Crippen molar-refractivity contribution >= 4 is 27.5 Å². The predicted octanol–water partition coefficient (Wildman–Crippen LogP) is 4.03. The van der Waals surface area contributed by atoms with E-state index in [0.29, 0.717) is 11.4 Å². The largest absolute Gasteiger partial charge is 0.454 e. The highest BCUT2D eigenvalue weighted by Gasteiger charge is 2.39. The molecule has 0 saturated heterocycles. The fraction of sp³-hybridized carbons (Fsp3) is 0.333. The van der Waals surface area contributed by atoms with E-state index in [0.717, 1.165) is 5.56 Å². The van der Waals surface area contributed by atoms with Crippen molar-refractivity contribution in [1.82, 2.24) is 10.0 Å². The number of hydrogen-bond donors (Lipinski definition) is 2. The zero-order valence-electron chi connectivity index (χ0n) is 21.8. The van der Waals surface area contributed by atoms with Crippen LogP contribution in [0.15, 0.2) is 77.1 Å². The van der Waals surface area contributed by atoms with Crippen molar-refractivity contribution in [1.29, 1.82) is 0 Å². The number of ketones is 1. The SMILES string of the molecule is CC1=C(C(=O)CS(=O)(=O)NC(C)C)[C@H](c2cccc([N+](=O)[O-])c2)C(C(=O)O[C@H](C)c2ccccc2)=C(C)N1. The summed E-state index contributed by atoms with van der Waals surface area (Å²) in [7, 11) is -3.99. The Labute approximate surface area is 222 Å². The van der Waals surface area contributed by atoms with Gasteiger partial charge in [-0.3, -0.25) is 14.9 Å². The molecule has 3 rings (SSSR count). The molecule has 2 aromatic rings. The third-order valence-corrected chi connectivity index (χ3v) is 7.46. The van der Waals surface area contributed by atoms with Gasteiger partial charge in [-0.15, -0.1) is 0 Å². The number of Topliss-reactive ketones (excluding diaryl/α,β-unsaturated/α-hetero) is 1. The molecule has 202 valence electrons. The molecule has 0 unspecified atom stereocenters. The van der Waals surface area contributed by atoms with Gasteiger partial charge in [-0.1, -0.05) is 42.5 Å². The van der Waals surface area contributed by atoms with Gasteiger partial charge in [0.05, 0.1) is 10.5 Å². The van der Waals surface area contributed by atoms with Crippen LogP contribution in [0.5, 0.6) is 0 Å². The van der Waals surface area contributed by atoms with Crippen molar-refractivity contribution < 1.29 is 27.7 Å². The number of carbonyl (C=O) groups excluding carboxylic acids is 2. The number of dihydropyridines is 1. The van der Waals surface area contributed by atoms with Crippen molar-refractivity contribution in [2.24, 2.45) is 0 Å². The van der Waals surface area contributed by atoms with Crippen LogP contribution in [-0.4, -0.2) is 36.9 Å². The molecule has 0 aromatic heterocycles. The van der Waals surface area contributed by atoms with E-state index < -0.39 is 50.5 Å². The first kappa shape index (κ1) is 28.7. The Hall–Kier alpha value is -3.83. The number of ether oxygens (including phenoxy) is 1. The van der Waals surface area contributed by atoms with Crippen molar-refractivity contribution in [2.45, 2.75) is 52.7 Å². The van der Waals surface area contributed by atoms with E-state index in [1.165, 1.54) is 18.2 Å². The van der Waals surface area contributed by atoms with Crippen LogP contribution in [-0.2, 0) is 24.3 Å². The van der Waals surface area contributed by atoms with Crippen LogP contribution >= 0.6 is 0 Å². The molecule has 10 nitrogen and oxygen atoms in total. The summed E-state index contributed by atoms with van der Waals surface area (Å²) in [6, 6.07) is 14.2. The van der Waals surface area contributed by atoms with Crippen LogP contribution in [0.3, 0.4) is 0 Å². The second kappa shape index (κ2) is 11.7. The number of nitro benzene ring substituents is 1. The summed E-state index contributed by atoms with van der Waals surface area (Å²) in [5, 5.41) is 14.5. The Morgan fingerprint density at radius 2 is 1.66 bits per heavy atom. The van der Waals surface area contributed by atoms with Gasteiger partial charge in [0, 0.05) is 41.1 Å². The molecule has 0 spiro atoms. The number of rotatable bonds is 10. The molecule has 0 amide bonds. The maximum Gasteiger partial charge on any atom is 0.337 e. The van der Waals surface area contributed by atoms with Crippen molar-refractivity contribution in [3.05, 3.63) is 98.4 Å². The zero-order chi connectivity index (χ0) is 28.2. The molecule has 1 heterocycles. The minimum Gasteiger partial charge on any atom is -0.454 e. The molecule has 2 atom stereocenters. The van der Waals surface area contributed by atoms with Gasteiger partial charge in [0.2, 0.25) is 10.0 Å². The number of non-ortho nitro benzene ring substituents is 1. The fourth-order valence-electron chi connectivity index (χ4n) is 4.45. The number of carbonyl (C=O) groups is 2. The molecule has 2 aromatic carbocycles. The second-order valence-electron chi connectivity index (χ2n) is 9.40. The van der Waals surface area contributed by atoms with Crippen molar-refractivity contribution in [3.63, 3.8) is 0 Å². The average Bonchev–Trinajstić information content (AvgIpc) is 2.82. The first-order valence-electron chi connectivity index (χ1n) is 12.0. The average molecular weight is 542 g/mol. The van der Waals surface area contributed by atoms with E-state index in [4.69, 9.17) is 4.74 Å². The van der Waals surface area contributed by atoms with E-state index >= 15 is 0 Å². The molecular formula is C27H31N3O7S. The van der Waals surface area contributed by atoms with Crippen LogP contribution in [0.4, 0.5) is 5.69 Å². The number of sulfonamides is 1. The third kappa shape index (κ3) is 6.73. The summed E-state index contributed by atoms with van der Waals surface area (Å²) in [5.74, 6) is -3.42. The highest BCUT2D eigenvalue weighted by molar-refractivity contribution is 7.90. The number of nitrogens with zero attached hydrogens (tertiary/aromatic N) is 1. The van der Waals surface area contributed by atoms with Gasteiger partial charge in [0.1, 0.15) is 11.9 Å². The smallest absolute Gasteiger partial charge is 0.337 e. The van der Waals surface area contributed by atoms with E-state index in [9.17, 15) is 28.1 Å². The molecule has 0 radical (unpaired) electrons. The summed E-state index contributed by atoms with van der Waals surface area (Å²) in [6.45, 7) is 8.21. The quantitative estimate of drug-likeness (QED) is 0.261. The van der Waals surface area contributed by atoms with Gasteiger partial charge in [0.15, 0.2) is 5.78 Å². The van der Waals surface area contributed by atoms with Gasteiger partial charge >= 0.3 is 5.97 Å². The third-order valence-electron chi connectivity index (χ3n) is 5.98. The second-order valence-corrected chi connectivity index (χ2v) is 11.2. The summed E-state index contributed by atoms with van der Waals surface area (Å²) >= 11 is 0. The molecular weight excluding hydrogens is 510 g/mol. The Balaban J connectivity index is 2.10. The van der Waals surface area contributed by atoms with Gasteiger partial charge in [-0.25, -0.2) is 17.9 Å². The zero-order valence-corrected chi connectivity index (χ0v) is 22.7. The lowest BCUT2D eigenvalue weighted by Crippen LogP contribution is -2.38. The minimum absolute atomic E-state index is 0.0181. The predicted molar refractivity (Wildman–Crippen MR) is 142 cm³/mol. The first-order valence-corrected chi connectivity index (χ1v) is 13.7. The minimum atomic E-state index is -3.99. The fourth-order valence-corrected chi connectivity index (χ4v) is 5.76. The molecule has 11 heteroatoms. The number of nitrogens with one attached hydrogen (secondary N) is 2. The molecule has 2 N–H and O–H groups in total. The van der Waals surface area contributed by atoms with Gasteiger partial charge in [0.25, 0.3) is 5.69 Å². The van der Waals surface area contributed by atoms with Crippen LogP contribution < -0.4 is 10.0 Å². The molecule has 38 heavy (non-hydrogen) atoms. The highest BCUT2D eigenvalue weighted by Crippen LogP contribution is 2.40. The Morgan fingerprint density at radius 3 is 2.26 bits per heavy atom. The van der Waals surface area contributed by atoms with Gasteiger partial charge in [-0.05, 0) is 45.7 Å². The molecule has 1 aliphatic heterocycles. The Bertz CT molecular complexity index is 1410. The summed E-state index contributed by atoms with van der Waals surface area (Å²) in [6.07, 6.45) is -0.628. The monoisotopic (exact) mass is 541 g/mol. The standard InChI is InChI=1S/C27H31N3O7S/c1-16(2)29-38(35,36)15-23(31)24-17(3)28-18(4)25(26(24)21-12-9-13-22(14-21)30(33)34)27(32)37-19(5)20-10-7-6-8-11-20/h6-14,16,19,26,28-29H,15H2,1-5H3/t19-,26+/m1/s1. The normalized spacial score (nSPS) is 16.7. The number of allylic oxidation sites excluding steroid dienone is 3. The lowest BCUT2D eigenvalue weighted by Gasteiger charge is -2.31. The number of hydrogen-bond acceptors (Lipinski definition) is 8. The molecule has 0 aliphatic carbocycles. The van der Waals surface area contributed by atoms with E-state index in [2.05, 4.69) is 10.0 Å². The van der Waals surface area contributed by atoms with E-state index in [-0.39, 0.29) is 22.4 Å². The van der Waals surface area contributed by atoms with E-state index in [1.54, 1.807) is 40.7 Å². The van der Waals surface area contributed by atoms with Gasteiger partial charge in [-0.2, -0.15) is 0 Å². The molecule has 0 fully saturated rings. The number of esters is 1. The maximum absolute atomic E-state index is 13.6. The number of benzene rings is 2. The first-order chi connectivity index (χ1) is 17.8. The lowest BCUT2D eigenvalue weighted by molar-refractivity contribution is -0.384. The maximum atomic E-state index is 13.6. The summed E-state index contributed by atoms with van der Waals surface area (Å²) in [5.41, 5.74) is 1.63. The molecule has 0 saturated carbocycles. The Morgan fingerprint density at radius 1 is 1.03 bits per heavy atom.